The van der Waals surface area contributed by atoms with Crippen LogP contribution in [0.15, 0.2) is 66.9 Å². The van der Waals surface area contributed by atoms with Crippen LogP contribution in [-0.4, -0.2) is 11.5 Å². The van der Waals surface area contributed by atoms with E-state index < -0.39 is 0 Å². The van der Waals surface area contributed by atoms with Crippen molar-refractivity contribution < 1.29 is 4.74 Å². The van der Waals surface area contributed by atoms with Crippen LogP contribution in [0.1, 0.15) is 22.6 Å². The molecular weight excluding hydrogens is 284 g/mol. The van der Waals surface area contributed by atoms with Crippen LogP contribution in [0.3, 0.4) is 0 Å². The maximum absolute atomic E-state index is 6.01. The predicted octanol–water partition coefficient (Wildman–Crippen LogP) is 3.73. The van der Waals surface area contributed by atoms with Crippen LogP contribution in [0, 0.1) is 0 Å². The molecule has 2 aromatic carbocycles. The number of fused-ring (bicyclic) bond motifs is 3. The fourth-order valence-electron chi connectivity index (χ4n) is 3.22. The van der Waals surface area contributed by atoms with E-state index >= 15 is 0 Å². The Balaban J connectivity index is 1.63. The molecule has 0 spiro atoms. The van der Waals surface area contributed by atoms with Crippen molar-refractivity contribution in [2.24, 2.45) is 5.73 Å². The van der Waals surface area contributed by atoms with E-state index in [0.717, 1.165) is 17.0 Å². The first-order chi connectivity index (χ1) is 11.4. The summed E-state index contributed by atoms with van der Waals surface area (Å²) in [5, 5.41) is 0. The molecule has 0 aliphatic heterocycles. The van der Waals surface area contributed by atoms with Gasteiger partial charge in [-0.15, -0.1) is 0 Å². The van der Waals surface area contributed by atoms with Gasteiger partial charge >= 0.3 is 0 Å². The normalized spacial score (nSPS) is 15.1. The van der Waals surface area contributed by atoms with E-state index in [-0.39, 0.29) is 5.92 Å². The van der Waals surface area contributed by atoms with E-state index in [2.05, 4.69) is 35.3 Å². The molecule has 1 aromatic heterocycles. The molecule has 3 aromatic rings. The van der Waals surface area contributed by atoms with Gasteiger partial charge in [0.15, 0.2) is 0 Å². The zero-order valence-corrected chi connectivity index (χ0v) is 12.8. The number of aromatic nitrogens is 1. The Bertz CT molecular complexity index is 830. The van der Waals surface area contributed by atoms with Crippen molar-refractivity contribution in [3.8, 4) is 17.0 Å². The molecule has 114 valence electrons. The highest BCUT2D eigenvalue weighted by atomic mass is 16.5. The fourth-order valence-corrected chi connectivity index (χ4v) is 3.22. The number of nitrogens with zero attached hydrogens (tertiary/aromatic N) is 1. The zero-order chi connectivity index (χ0) is 15.6. The first-order valence-corrected chi connectivity index (χ1v) is 7.83. The standard InChI is InChI=1S/C20H18N2O/c21-12-19-16-7-4-10-22-20(16)17-9-8-15(11-18(17)19)23-13-14-5-2-1-3-6-14/h1-11,19H,12-13,21H2. The molecule has 1 atom stereocenters. The predicted molar refractivity (Wildman–Crippen MR) is 91.3 cm³/mol. The second kappa shape index (κ2) is 5.86. The highest BCUT2D eigenvalue weighted by molar-refractivity contribution is 5.76. The van der Waals surface area contributed by atoms with Crippen LogP contribution in [0.4, 0.5) is 0 Å². The van der Waals surface area contributed by atoms with Crippen molar-refractivity contribution in [3.05, 3.63) is 83.6 Å². The molecule has 3 nitrogen and oxygen atoms in total. The Morgan fingerprint density at radius 2 is 1.83 bits per heavy atom. The van der Waals surface area contributed by atoms with E-state index in [1.807, 2.05) is 36.5 Å². The molecule has 0 bridgehead atoms. The number of ether oxygens (including phenoxy) is 1. The summed E-state index contributed by atoms with van der Waals surface area (Å²) in [6.07, 6.45) is 1.83. The fraction of sp³-hybridized carbons (Fsp3) is 0.150. The van der Waals surface area contributed by atoms with Crippen LogP contribution in [0.5, 0.6) is 5.75 Å². The van der Waals surface area contributed by atoms with Gasteiger partial charge in [0.2, 0.25) is 0 Å². The first-order valence-electron chi connectivity index (χ1n) is 7.83. The third-order valence-electron chi connectivity index (χ3n) is 4.35. The third-order valence-corrected chi connectivity index (χ3v) is 4.35. The molecule has 0 amide bonds. The summed E-state index contributed by atoms with van der Waals surface area (Å²) in [7, 11) is 0. The van der Waals surface area contributed by atoms with Gasteiger partial charge in [-0.2, -0.15) is 0 Å². The van der Waals surface area contributed by atoms with Gasteiger partial charge in [-0.1, -0.05) is 36.4 Å². The number of pyridine rings is 1. The van der Waals surface area contributed by atoms with Crippen molar-refractivity contribution in [2.75, 3.05) is 6.54 Å². The van der Waals surface area contributed by atoms with Crippen LogP contribution in [0.2, 0.25) is 0 Å². The molecule has 0 saturated carbocycles. The van der Waals surface area contributed by atoms with Gasteiger partial charge in [-0.05, 0) is 41.0 Å². The third kappa shape index (κ3) is 2.49. The van der Waals surface area contributed by atoms with Crippen molar-refractivity contribution in [3.63, 3.8) is 0 Å². The van der Waals surface area contributed by atoms with Crippen molar-refractivity contribution >= 4 is 0 Å². The summed E-state index contributed by atoms with van der Waals surface area (Å²) >= 11 is 0. The average Bonchev–Trinajstić information content (AvgIpc) is 2.94. The molecule has 23 heavy (non-hydrogen) atoms. The number of benzene rings is 2. The lowest BCUT2D eigenvalue weighted by atomic mass is 9.97. The topological polar surface area (TPSA) is 48.1 Å². The summed E-state index contributed by atoms with van der Waals surface area (Å²) in [6, 6.07) is 20.5. The minimum absolute atomic E-state index is 0.203. The highest BCUT2D eigenvalue weighted by Crippen LogP contribution is 2.44. The van der Waals surface area contributed by atoms with E-state index in [1.165, 1.54) is 16.7 Å². The molecule has 0 saturated heterocycles. The summed E-state index contributed by atoms with van der Waals surface area (Å²) in [5.41, 5.74) is 11.8. The second-order valence-electron chi connectivity index (χ2n) is 5.75. The minimum atomic E-state index is 0.203. The summed E-state index contributed by atoms with van der Waals surface area (Å²) < 4.78 is 5.95. The Hall–Kier alpha value is -2.65. The minimum Gasteiger partial charge on any atom is -0.489 e. The summed E-state index contributed by atoms with van der Waals surface area (Å²) in [6.45, 7) is 1.14. The maximum atomic E-state index is 6.01. The van der Waals surface area contributed by atoms with Crippen molar-refractivity contribution in [1.29, 1.82) is 0 Å². The van der Waals surface area contributed by atoms with Crippen LogP contribution < -0.4 is 10.5 Å². The van der Waals surface area contributed by atoms with Crippen LogP contribution in [-0.2, 0) is 6.61 Å². The van der Waals surface area contributed by atoms with Gasteiger partial charge in [-0.25, -0.2) is 0 Å². The molecule has 3 heteroatoms. The smallest absolute Gasteiger partial charge is 0.120 e. The molecule has 2 N–H and O–H groups in total. The Morgan fingerprint density at radius 1 is 0.957 bits per heavy atom. The average molecular weight is 302 g/mol. The Morgan fingerprint density at radius 3 is 2.65 bits per heavy atom. The zero-order valence-electron chi connectivity index (χ0n) is 12.8. The highest BCUT2D eigenvalue weighted by Gasteiger charge is 2.28. The summed E-state index contributed by atoms with van der Waals surface area (Å²) in [4.78, 5) is 4.53. The molecule has 1 aliphatic carbocycles. The van der Waals surface area contributed by atoms with Gasteiger partial charge in [0.25, 0.3) is 0 Å². The van der Waals surface area contributed by atoms with Crippen molar-refractivity contribution in [2.45, 2.75) is 12.5 Å². The molecule has 0 fully saturated rings. The summed E-state index contributed by atoms with van der Waals surface area (Å²) in [5.74, 6) is 1.08. The van der Waals surface area contributed by atoms with Crippen LogP contribution in [0.25, 0.3) is 11.3 Å². The van der Waals surface area contributed by atoms with Gasteiger partial charge < -0.3 is 10.5 Å². The lowest BCUT2D eigenvalue weighted by Gasteiger charge is -2.12. The molecule has 1 aliphatic rings. The quantitative estimate of drug-likeness (QED) is 0.799. The lowest BCUT2D eigenvalue weighted by molar-refractivity contribution is 0.306. The molecule has 4 rings (SSSR count). The largest absolute Gasteiger partial charge is 0.489 e. The Labute approximate surface area is 135 Å². The number of rotatable bonds is 4. The molecule has 0 radical (unpaired) electrons. The number of hydrogen-bond donors (Lipinski definition) is 1. The van der Waals surface area contributed by atoms with Crippen molar-refractivity contribution in [1.82, 2.24) is 4.98 Å². The Kier molecular flexibility index (Phi) is 3.56. The molecular formula is C20H18N2O. The SMILES string of the molecule is NCC1c2cc(OCc3ccccc3)ccc2-c2ncccc21. The van der Waals surface area contributed by atoms with Gasteiger partial charge in [-0.3, -0.25) is 4.98 Å². The van der Waals surface area contributed by atoms with E-state index in [4.69, 9.17) is 10.5 Å². The maximum Gasteiger partial charge on any atom is 0.120 e. The van der Waals surface area contributed by atoms with E-state index in [1.54, 1.807) is 0 Å². The van der Waals surface area contributed by atoms with E-state index in [0.29, 0.717) is 13.2 Å². The first kappa shape index (κ1) is 14.0. The monoisotopic (exact) mass is 302 g/mol. The van der Waals surface area contributed by atoms with Gasteiger partial charge in [0, 0.05) is 24.2 Å². The second-order valence-corrected chi connectivity index (χ2v) is 5.75. The lowest BCUT2D eigenvalue weighted by Crippen LogP contribution is -2.11. The number of nitrogens with two attached hydrogens (primary N) is 1. The van der Waals surface area contributed by atoms with Gasteiger partial charge in [0.05, 0.1) is 5.69 Å². The number of hydrogen-bond acceptors (Lipinski definition) is 3. The molecule has 1 unspecified atom stereocenters. The van der Waals surface area contributed by atoms with Crippen LogP contribution >= 0.6 is 0 Å². The van der Waals surface area contributed by atoms with Gasteiger partial charge in [0.1, 0.15) is 12.4 Å². The van der Waals surface area contributed by atoms with E-state index in [9.17, 15) is 0 Å². The molecule has 1 heterocycles.